The van der Waals surface area contributed by atoms with Gasteiger partial charge in [0, 0.05) is 50.4 Å². The number of carbonyl (C=O) groups excluding carboxylic acids is 13. The lowest BCUT2D eigenvalue weighted by molar-refractivity contribution is -0.144. The molecule has 0 fully saturated rings. The van der Waals surface area contributed by atoms with Gasteiger partial charge in [0.15, 0.2) is 0 Å². The van der Waals surface area contributed by atoms with E-state index < -0.39 is 262 Å². The van der Waals surface area contributed by atoms with Gasteiger partial charge in [-0.3, -0.25) is 76.7 Å². The first-order valence-corrected chi connectivity index (χ1v) is 29.6. The van der Waals surface area contributed by atoms with Crippen molar-refractivity contribution in [2.45, 2.75) is 204 Å². The Balaban J connectivity index is 3.49. The summed E-state index contributed by atoms with van der Waals surface area (Å²) >= 11 is 0. The molecule has 0 saturated heterocycles. The number of carbonyl (C=O) groups is 17. The second-order valence-corrected chi connectivity index (χ2v) is 22.4. The second kappa shape index (κ2) is 40.8. The lowest BCUT2D eigenvalue weighted by atomic mass is 9.96. The quantitative estimate of drug-likeness (QED) is 0.0288. The van der Waals surface area contributed by atoms with Crippen LogP contribution < -0.4 is 75.7 Å². The summed E-state index contributed by atoms with van der Waals surface area (Å²) in [7, 11) is 0. The first-order chi connectivity index (χ1) is 43.8. The molecule has 1 aromatic heterocycles. The molecule has 1 heterocycles. The highest BCUT2D eigenvalue weighted by molar-refractivity contribution is 5.99. The normalized spacial score (nSPS) is 15.5. The predicted octanol–water partition coefficient (Wildman–Crippen LogP) is -8.06. The summed E-state index contributed by atoms with van der Waals surface area (Å²) < 4.78 is 0. The summed E-state index contributed by atoms with van der Waals surface area (Å²) in [6.45, 7) is 8.31. The van der Waals surface area contributed by atoms with Crippen molar-refractivity contribution in [3.05, 3.63) is 18.2 Å². The minimum Gasteiger partial charge on any atom is -0.481 e. The van der Waals surface area contributed by atoms with E-state index in [0.717, 1.165) is 20.8 Å². The summed E-state index contributed by atoms with van der Waals surface area (Å²) in [5.41, 5.74) is 17.2. The van der Waals surface area contributed by atoms with Crippen molar-refractivity contribution in [2.75, 3.05) is 6.54 Å². The van der Waals surface area contributed by atoms with Crippen molar-refractivity contribution in [3.63, 3.8) is 0 Å². The Morgan fingerprint density at radius 1 is 0.457 bits per heavy atom. The highest BCUT2D eigenvalue weighted by Gasteiger charge is 2.38. The number of amides is 13. The number of H-pyrrole nitrogens is 1. The van der Waals surface area contributed by atoms with Crippen LogP contribution >= 0.6 is 0 Å². The van der Waals surface area contributed by atoms with Crippen molar-refractivity contribution in [1.82, 2.24) is 68.5 Å². The van der Waals surface area contributed by atoms with Crippen LogP contribution in [0.1, 0.15) is 125 Å². The SMILES string of the molecule is CC[C@H](C)[C@H](NC(=O)[C@H](CCC(N)=O)NC(=O)[C@H](C)NC(=O)[C@H](CCC(=O)O)NC(=O)[C@@H](NC(=O)[C@@H](N)Cc1cnc[nH]1)[C@@H](C)O)C(=O)N[C@@H](CCC(N)=O)C(=O)N[C@@H](CCC(=O)O)C(=O)N[C@@H](CCC(=O)O)C(=O)NCC(=O)N[C@H](C(=O)N[C@H](C(=O)O)C(C)C)[C@@H](C)O. The maximum absolute atomic E-state index is 14.3. The van der Waals surface area contributed by atoms with E-state index >= 15 is 0 Å². The number of hydrogen-bond acceptors (Lipinski definition) is 21. The molecule has 94 heavy (non-hydrogen) atoms. The molecule has 39 nitrogen and oxygen atoms in total. The van der Waals surface area contributed by atoms with Gasteiger partial charge in [-0.1, -0.05) is 34.1 Å². The summed E-state index contributed by atoms with van der Waals surface area (Å²) in [5.74, 6) is -22.1. The summed E-state index contributed by atoms with van der Waals surface area (Å²) in [4.78, 5) is 227. The van der Waals surface area contributed by atoms with E-state index in [-0.39, 0.29) is 12.8 Å². The molecular formula is C55H88N16O23. The molecule has 0 aliphatic heterocycles. The molecule has 0 bridgehead atoms. The fourth-order valence-electron chi connectivity index (χ4n) is 8.49. The smallest absolute Gasteiger partial charge is 0.326 e. The molecule has 24 N–H and O–H groups in total. The largest absolute Gasteiger partial charge is 0.481 e. The van der Waals surface area contributed by atoms with Crippen LogP contribution in [0.15, 0.2) is 12.5 Å². The molecule has 526 valence electrons. The van der Waals surface area contributed by atoms with Crippen LogP contribution in [0.4, 0.5) is 0 Å². The number of aliphatic hydroxyl groups excluding tert-OH is 2. The lowest BCUT2D eigenvalue weighted by Crippen LogP contribution is -2.61. The van der Waals surface area contributed by atoms with Crippen LogP contribution in [-0.2, 0) is 87.9 Å². The van der Waals surface area contributed by atoms with Crippen LogP contribution in [0.5, 0.6) is 0 Å². The van der Waals surface area contributed by atoms with Crippen molar-refractivity contribution < 1.29 is 112 Å². The van der Waals surface area contributed by atoms with Crippen LogP contribution in [-0.4, -0.2) is 226 Å². The molecule has 13 amide bonds. The molecule has 0 aliphatic carbocycles. The third kappa shape index (κ3) is 30.5. The van der Waals surface area contributed by atoms with Gasteiger partial charge in [-0.25, -0.2) is 9.78 Å². The van der Waals surface area contributed by atoms with Gasteiger partial charge in [0.05, 0.1) is 31.1 Å². The molecular weight excluding hydrogens is 1250 g/mol. The van der Waals surface area contributed by atoms with Gasteiger partial charge in [0.25, 0.3) is 0 Å². The number of imidazole rings is 1. The average Bonchev–Trinajstić information content (AvgIpc) is 1.78. The topological polar surface area (TPSA) is 651 Å². The Hall–Kier alpha value is -9.92. The zero-order valence-corrected chi connectivity index (χ0v) is 52.8. The Labute approximate surface area is 537 Å². The van der Waals surface area contributed by atoms with Gasteiger partial charge in [-0.15, -0.1) is 0 Å². The molecule has 0 saturated carbocycles. The van der Waals surface area contributed by atoms with Crippen LogP contribution in [0, 0.1) is 11.8 Å². The first kappa shape index (κ1) is 82.1. The number of carboxylic acids is 4. The summed E-state index contributed by atoms with van der Waals surface area (Å²) in [5, 5.41) is 83.2. The van der Waals surface area contributed by atoms with Crippen molar-refractivity contribution in [1.29, 1.82) is 0 Å². The number of primary amides is 2. The van der Waals surface area contributed by atoms with Gasteiger partial charge in [0.1, 0.15) is 60.4 Å². The molecule has 0 spiro atoms. The van der Waals surface area contributed by atoms with E-state index in [2.05, 4.69) is 68.5 Å². The summed E-state index contributed by atoms with van der Waals surface area (Å²) in [6.07, 6.45) is -7.26. The fourth-order valence-corrected chi connectivity index (χ4v) is 8.49. The third-order valence-electron chi connectivity index (χ3n) is 14.1. The molecule has 1 rings (SSSR count). The zero-order chi connectivity index (χ0) is 71.9. The molecule has 0 unspecified atom stereocenters. The summed E-state index contributed by atoms with van der Waals surface area (Å²) in [6, 6.07) is -18.6. The number of aromatic amines is 1. The molecule has 39 heteroatoms. The van der Waals surface area contributed by atoms with E-state index in [1.54, 1.807) is 6.92 Å². The maximum Gasteiger partial charge on any atom is 0.326 e. The standard InChI is InChI=1S/C55H88N16O23/c1-8-24(4)42(70-51(89)32(10-15-36(58)75)63-45(83)25(5)62-48(86)33(12-17-39(79)80)67-53(91)44(27(7)73)71-46(84)29(56)19-28-20-59-22-61-28)52(90)66-31(9-14-35(57)74)49(87)65-34(13-18-40(81)82)50(88)64-30(11-16-38(77)78)47(85)60-21-37(76)68-43(26(6)72)54(92)69-41(23(2)3)55(93)94/h20,22-27,29-34,41-44,72-73H,8-19,21,56H2,1-7H3,(H2,57,74)(H2,58,75)(H,59,61)(H,60,85)(H,62,86)(H,63,83)(H,64,88)(H,65,87)(H,66,90)(H,67,91)(H,68,76)(H,69,92)(H,70,89)(H,71,84)(H,77,78)(H,79,80)(H,81,82)(H,93,94)/t24-,25-,26+,27+,29-,30-,31-,32-,33-,34-,41-,42-,43-,44-/m0/s1. The minimum atomic E-state index is -1.93. The molecule has 1 aromatic rings. The number of hydrogen-bond donors (Lipinski definition) is 21. The van der Waals surface area contributed by atoms with Crippen LogP contribution in [0.25, 0.3) is 0 Å². The number of nitrogens with zero attached hydrogens (tertiary/aromatic N) is 1. The van der Waals surface area contributed by atoms with Crippen LogP contribution in [0.3, 0.4) is 0 Å². The van der Waals surface area contributed by atoms with Gasteiger partial charge in [0.2, 0.25) is 76.8 Å². The van der Waals surface area contributed by atoms with E-state index in [1.807, 2.05) is 0 Å². The highest BCUT2D eigenvalue weighted by Crippen LogP contribution is 2.13. The maximum atomic E-state index is 14.3. The monoisotopic (exact) mass is 1340 g/mol. The number of nitrogens with two attached hydrogens (primary N) is 3. The molecule has 0 aromatic carbocycles. The predicted molar refractivity (Wildman–Crippen MR) is 321 cm³/mol. The number of aliphatic hydroxyl groups is 2. The van der Waals surface area contributed by atoms with E-state index in [0.29, 0.717) is 5.69 Å². The Morgan fingerprint density at radius 2 is 0.819 bits per heavy atom. The lowest BCUT2D eigenvalue weighted by Gasteiger charge is -2.29. The Morgan fingerprint density at radius 3 is 1.21 bits per heavy atom. The van der Waals surface area contributed by atoms with Crippen LogP contribution in [0.2, 0.25) is 0 Å². The number of aromatic nitrogens is 2. The van der Waals surface area contributed by atoms with Gasteiger partial charge in [-0.2, -0.15) is 0 Å². The van der Waals surface area contributed by atoms with E-state index in [1.165, 1.54) is 33.3 Å². The minimum absolute atomic E-state index is 0.0660. The van der Waals surface area contributed by atoms with E-state index in [4.69, 9.17) is 17.2 Å². The Bertz CT molecular complexity index is 2860. The number of aliphatic carboxylic acids is 4. The first-order valence-electron chi connectivity index (χ1n) is 29.6. The van der Waals surface area contributed by atoms with Gasteiger partial charge < -0.3 is 111 Å². The van der Waals surface area contributed by atoms with Gasteiger partial charge in [-0.05, 0) is 64.7 Å². The average molecular weight is 1340 g/mol. The molecule has 0 radical (unpaired) electrons. The molecule has 0 aliphatic rings. The molecule has 14 atom stereocenters. The zero-order valence-electron chi connectivity index (χ0n) is 52.8. The second-order valence-electron chi connectivity index (χ2n) is 22.4. The number of carboxylic acid groups (broad SMARTS) is 4. The third-order valence-corrected chi connectivity index (χ3v) is 14.1. The highest BCUT2D eigenvalue weighted by atomic mass is 16.4. The van der Waals surface area contributed by atoms with E-state index in [9.17, 15) is 112 Å². The van der Waals surface area contributed by atoms with Crippen molar-refractivity contribution in [2.24, 2.45) is 29.0 Å². The van der Waals surface area contributed by atoms with Crippen molar-refractivity contribution in [3.8, 4) is 0 Å². The fraction of sp³-hybridized carbons (Fsp3) is 0.636. The Kier molecular flexibility index (Phi) is 35.7. The number of rotatable bonds is 45. The van der Waals surface area contributed by atoms with Crippen molar-refractivity contribution >= 4 is 101 Å². The number of nitrogens with one attached hydrogen (secondary N) is 12. The van der Waals surface area contributed by atoms with Gasteiger partial charge >= 0.3 is 23.9 Å².